The quantitative estimate of drug-likeness (QED) is 0.509. The third-order valence-electron chi connectivity index (χ3n) is 4.83. The van der Waals surface area contributed by atoms with Gasteiger partial charge in [0.2, 0.25) is 0 Å². The standard InChI is InChI=1S/C22H18O2/c1-2-8-19-16(5-1)12-22-20(9-4-10-21(19)22)15-6-3-7-17(11-15)23-13-18-14-24-18/h1-11,18H,12-14H2. The first-order valence-electron chi connectivity index (χ1n) is 8.43. The summed E-state index contributed by atoms with van der Waals surface area (Å²) in [5.41, 5.74) is 8.08. The number of ether oxygens (including phenoxy) is 2. The maximum atomic E-state index is 5.85. The van der Waals surface area contributed by atoms with Crippen LogP contribution < -0.4 is 4.74 Å². The molecule has 0 amide bonds. The van der Waals surface area contributed by atoms with E-state index >= 15 is 0 Å². The molecule has 1 fully saturated rings. The van der Waals surface area contributed by atoms with Crippen LogP contribution in [0.2, 0.25) is 0 Å². The van der Waals surface area contributed by atoms with Gasteiger partial charge in [0.1, 0.15) is 18.5 Å². The summed E-state index contributed by atoms with van der Waals surface area (Å²) in [6.45, 7) is 1.46. The summed E-state index contributed by atoms with van der Waals surface area (Å²) in [5.74, 6) is 0.913. The number of hydrogen-bond acceptors (Lipinski definition) is 2. The minimum absolute atomic E-state index is 0.282. The van der Waals surface area contributed by atoms with Gasteiger partial charge in [-0.3, -0.25) is 0 Å². The SMILES string of the molecule is c1cc(OCC2CO2)cc(-c2cccc3c2Cc2ccccc2-3)c1. The summed E-state index contributed by atoms with van der Waals surface area (Å²) in [7, 11) is 0. The van der Waals surface area contributed by atoms with Gasteiger partial charge in [-0.25, -0.2) is 0 Å². The van der Waals surface area contributed by atoms with Crippen molar-refractivity contribution in [1.29, 1.82) is 0 Å². The van der Waals surface area contributed by atoms with Gasteiger partial charge in [0.15, 0.2) is 0 Å². The monoisotopic (exact) mass is 314 g/mol. The Morgan fingerprint density at radius 1 is 0.875 bits per heavy atom. The van der Waals surface area contributed by atoms with E-state index in [4.69, 9.17) is 9.47 Å². The van der Waals surface area contributed by atoms with Gasteiger partial charge in [-0.15, -0.1) is 0 Å². The van der Waals surface area contributed by atoms with Crippen molar-refractivity contribution >= 4 is 0 Å². The van der Waals surface area contributed by atoms with Crippen LogP contribution in [0.5, 0.6) is 5.75 Å². The Labute approximate surface area is 141 Å². The maximum Gasteiger partial charge on any atom is 0.120 e. The average molecular weight is 314 g/mol. The van der Waals surface area contributed by atoms with E-state index in [1.54, 1.807) is 0 Å². The van der Waals surface area contributed by atoms with Gasteiger partial charge in [0.25, 0.3) is 0 Å². The molecule has 2 heteroatoms. The number of benzene rings is 3. The molecular formula is C22H18O2. The molecule has 118 valence electrons. The molecule has 0 radical (unpaired) electrons. The Morgan fingerprint density at radius 3 is 2.58 bits per heavy atom. The fraction of sp³-hybridized carbons (Fsp3) is 0.182. The van der Waals surface area contributed by atoms with Crippen molar-refractivity contribution in [3.63, 3.8) is 0 Å². The van der Waals surface area contributed by atoms with Gasteiger partial charge in [-0.05, 0) is 51.9 Å². The van der Waals surface area contributed by atoms with Crippen LogP contribution in [0.4, 0.5) is 0 Å². The summed E-state index contributed by atoms with van der Waals surface area (Å²) in [4.78, 5) is 0. The first-order chi connectivity index (χ1) is 11.9. The zero-order chi connectivity index (χ0) is 15.9. The summed E-state index contributed by atoms with van der Waals surface area (Å²) in [6, 6.07) is 23.7. The van der Waals surface area contributed by atoms with E-state index in [2.05, 4.69) is 60.7 Å². The zero-order valence-electron chi connectivity index (χ0n) is 13.4. The molecule has 1 saturated heterocycles. The smallest absolute Gasteiger partial charge is 0.120 e. The zero-order valence-corrected chi connectivity index (χ0v) is 13.4. The third-order valence-corrected chi connectivity index (χ3v) is 4.83. The largest absolute Gasteiger partial charge is 0.491 e. The fourth-order valence-electron chi connectivity index (χ4n) is 3.53. The van der Waals surface area contributed by atoms with Gasteiger partial charge >= 0.3 is 0 Å². The second-order valence-corrected chi connectivity index (χ2v) is 6.46. The van der Waals surface area contributed by atoms with Crippen LogP contribution in [0.15, 0.2) is 66.7 Å². The number of rotatable bonds is 4. The van der Waals surface area contributed by atoms with E-state index in [9.17, 15) is 0 Å². The maximum absolute atomic E-state index is 5.85. The number of fused-ring (bicyclic) bond motifs is 3. The molecule has 5 rings (SSSR count). The summed E-state index contributed by atoms with van der Waals surface area (Å²) in [6.07, 6.45) is 1.28. The highest BCUT2D eigenvalue weighted by molar-refractivity contribution is 5.84. The molecule has 1 aliphatic carbocycles. The van der Waals surface area contributed by atoms with E-state index in [0.29, 0.717) is 6.61 Å². The lowest BCUT2D eigenvalue weighted by atomic mass is 9.95. The lowest BCUT2D eigenvalue weighted by molar-refractivity contribution is 0.263. The normalized spacial score (nSPS) is 17.2. The molecule has 0 bridgehead atoms. The molecule has 24 heavy (non-hydrogen) atoms. The van der Waals surface area contributed by atoms with Gasteiger partial charge in [0.05, 0.1) is 6.61 Å². The van der Waals surface area contributed by atoms with Gasteiger partial charge in [-0.2, -0.15) is 0 Å². The third kappa shape index (κ3) is 2.40. The van der Waals surface area contributed by atoms with Crippen LogP contribution >= 0.6 is 0 Å². The molecule has 0 saturated carbocycles. The lowest BCUT2D eigenvalue weighted by Crippen LogP contribution is -2.03. The van der Waals surface area contributed by atoms with Crippen molar-refractivity contribution in [2.75, 3.05) is 13.2 Å². The van der Waals surface area contributed by atoms with E-state index in [1.165, 1.54) is 33.4 Å². The van der Waals surface area contributed by atoms with E-state index < -0.39 is 0 Å². The van der Waals surface area contributed by atoms with Crippen molar-refractivity contribution < 1.29 is 9.47 Å². The van der Waals surface area contributed by atoms with Crippen LogP contribution in [-0.2, 0) is 11.2 Å². The molecule has 2 nitrogen and oxygen atoms in total. The Kier molecular flexibility index (Phi) is 3.17. The molecule has 0 spiro atoms. The molecule has 1 atom stereocenters. The molecule has 2 aliphatic rings. The number of hydrogen-bond donors (Lipinski definition) is 0. The highest BCUT2D eigenvalue weighted by Gasteiger charge is 2.23. The lowest BCUT2D eigenvalue weighted by Gasteiger charge is -2.11. The Balaban J connectivity index is 1.53. The van der Waals surface area contributed by atoms with Crippen molar-refractivity contribution in [3.8, 4) is 28.0 Å². The van der Waals surface area contributed by atoms with Crippen LogP contribution in [0.3, 0.4) is 0 Å². The molecule has 1 heterocycles. The first kappa shape index (κ1) is 13.8. The minimum Gasteiger partial charge on any atom is -0.491 e. The second kappa shape index (κ2) is 5.50. The molecule has 1 unspecified atom stereocenters. The second-order valence-electron chi connectivity index (χ2n) is 6.46. The van der Waals surface area contributed by atoms with Gasteiger partial charge in [0, 0.05) is 0 Å². The molecule has 0 N–H and O–H groups in total. The Bertz CT molecular complexity index is 909. The van der Waals surface area contributed by atoms with Crippen molar-refractivity contribution in [1.82, 2.24) is 0 Å². The molecule has 3 aromatic rings. The number of epoxide rings is 1. The first-order valence-corrected chi connectivity index (χ1v) is 8.43. The topological polar surface area (TPSA) is 21.8 Å². The predicted molar refractivity (Wildman–Crippen MR) is 95.4 cm³/mol. The highest BCUT2D eigenvalue weighted by Crippen LogP contribution is 2.41. The van der Waals surface area contributed by atoms with Crippen molar-refractivity contribution in [2.24, 2.45) is 0 Å². The molecular weight excluding hydrogens is 296 g/mol. The van der Waals surface area contributed by atoms with Gasteiger partial charge < -0.3 is 9.47 Å². The van der Waals surface area contributed by atoms with Crippen LogP contribution in [-0.4, -0.2) is 19.3 Å². The summed E-state index contributed by atoms with van der Waals surface area (Å²) >= 11 is 0. The average Bonchev–Trinajstić information content (AvgIpc) is 3.39. The molecule has 0 aromatic heterocycles. The van der Waals surface area contributed by atoms with Crippen molar-refractivity contribution in [2.45, 2.75) is 12.5 Å². The van der Waals surface area contributed by atoms with Crippen LogP contribution in [0, 0.1) is 0 Å². The van der Waals surface area contributed by atoms with E-state index in [-0.39, 0.29) is 6.10 Å². The predicted octanol–water partition coefficient (Wildman–Crippen LogP) is 4.70. The molecule has 1 aliphatic heterocycles. The summed E-state index contributed by atoms with van der Waals surface area (Å²) < 4.78 is 11.1. The van der Waals surface area contributed by atoms with Crippen LogP contribution in [0.1, 0.15) is 11.1 Å². The van der Waals surface area contributed by atoms with E-state index in [1.807, 2.05) is 6.07 Å². The molecule has 3 aromatic carbocycles. The summed E-state index contributed by atoms with van der Waals surface area (Å²) in [5, 5.41) is 0. The Hall–Kier alpha value is -2.58. The van der Waals surface area contributed by atoms with E-state index in [0.717, 1.165) is 18.8 Å². The Morgan fingerprint density at radius 2 is 1.67 bits per heavy atom. The minimum atomic E-state index is 0.282. The highest BCUT2D eigenvalue weighted by atomic mass is 16.6. The van der Waals surface area contributed by atoms with Crippen LogP contribution in [0.25, 0.3) is 22.3 Å². The van der Waals surface area contributed by atoms with Gasteiger partial charge in [-0.1, -0.05) is 54.6 Å². The van der Waals surface area contributed by atoms with Crippen molar-refractivity contribution in [3.05, 3.63) is 77.9 Å². The fourth-order valence-corrected chi connectivity index (χ4v) is 3.53.